The van der Waals surface area contributed by atoms with Gasteiger partial charge in [0, 0.05) is 19.3 Å². The standard InChI is InChI=1S/C6H11NO4S.ClH/c1-11-5(8)6(3-7-4-6)12(2,9)10;/h7H,3-4H2,1-2H3;1H. The number of sulfone groups is 1. The van der Waals surface area contributed by atoms with Gasteiger partial charge in [-0.15, -0.1) is 12.4 Å². The van der Waals surface area contributed by atoms with Crippen LogP contribution in [0.4, 0.5) is 0 Å². The number of nitrogens with one attached hydrogen (secondary N) is 1. The molecule has 0 spiro atoms. The molecule has 0 bridgehead atoms. The molecule has 0 saturated carbocycles. The fraction of sp³-hybridized carbons (Fsp3) is 0.833. The van der Waals surface area contributed by atoms with Crippen LogP contribution in [0.5, 0.6) is 0 Å². The molecular formula is C6H12ClNO4S. The van der Waals surface area contributed by atoms with Crippen LogP contribution in [0.1, 0.15) is 0 Å². The maximum Gasteiger partial charge on any atom is 0.329 e. The molecule has 0 aromatic carbocycles. The molecule has 1 rings (SSSR count). The van der Waals surface area contributed by atoms with Crippen LogP contribution in [0.25, 0.3) is 0 Å². The van der Waals surface area contributed by atoms with Gasteiger partial charge in [0.25, 0.3) is 0 Å². The van der Waals surface area contributed by atoms with Crippen LogP contribution >= 0.6 is 12.4 Å². The van der Waals surface area contributed by atoms with E-state index in [1.165, 1.54) is 7.11 Å². The summed E-state index contributed by atoms with van der Waals surface area (Å²) in [4.78, 5) is 11.1. The van der Waals surface area contributed by atoms with E-state index in [-0.39, 0.29) is 25.5 Å². The normalized spacial score (nSPS) is 19.5. The summed E-state index contributed by atoms with van der Waals surface area (Å²) in [7, 11) is -2.19. The Balaban J connectivity index is 0.00000144. The number of methoxy groups -OCH3 is 1. The van der Waals surface area contributed by atoms with Crippen molar-refractivity contribution in [3.63, 3.8) is 0 Å². The van der Waals surface area contributed by atoms with Gasteiger partial charge in [-0.05, 0) is 0 Å². The number of carbonyl (C=O) groups excluding carboxylic acids is 1. The summed E-state index contributed by atoms with van der Waals surface area (Å²) in [6.07, 6.45) is 1.05. The lowest BCUT2D eigenvalue weighted by Crippen LogP contribution is -2.68. The van der Waals surface area contributed by atoms with Gasteiger partial charge in [0.05, 0.1) is 7.11 Å². The quantitative estimate of drug-likeness (QED) is 0.613. The molecule has 1 N–H and O–H groups in total. The van der Waals surface area contributed by atoms with E-state index in [2.05, 4.69) is 10.1 Å². The molecule has 5 nitrogen and oxygen atoms in total. The van der Waals surface area contributed by atoms with E-state index in [4.69, 9.17) is 0 Å². The summed E-state index contributed by atoms with van der Waals surface area (Å²) in [5, 5.41) is 2.74. The number of esters is 1. The van der Waals surface area contributed by atoms with Crippen molar-refractivity contribution in [2.24, 2.45) is 0 Å². The highest BCUT2D eigenvalue weighted by atomic mass is 35.5. The minimum absolute atomic E-state index is 0. The molecule has 78 valence electrons. The number of rotatable bonds is 2. The van der Waals surface area contributed by atoms with Gasteiger partial charge in [-0.1, -0.05) is 0 Å². The van der Waals surface area contributed by atoms with Crippen molar-refractivity contribution < 1.29 is 17.9 Å². The zero-order chi connectivity index (χ0) is 9.41. The molecule has 1 saturated heterocycles. The third kappa shape index (κ3) is 1.79. The van der Waals surface area contributed by atoms with Crippen LogP contribution < -0.4 is 5.32 Å². The Bertz CT molecular complexity index is 296. The monoisotopic (exact) mass is 229 g/mol. The molecule has 0 unspecified atom stereocenters. The van der Waals surface area contributed by atoms with Crippen molar-refractivity contribution in [1.82, 2.24) is 5.32 Å². The average molecular weight is 230 g/mol. The fourth-order valence-corrected chi connectivity index (χ4v) is 2.21. The first kappa shape index (κ1) is 12.7. The molecule has 1 aliphatic rings. The smallest absolute Gasteiger partial charge is 0.329 e. The van der Waals surface area contributed by atoms with Gasteiger partial charge >= 0.3 is 5.97 Å². The number of halogens is 1. The minimum atomic E-state index is -3.38. The first-order valence-corrected chi connectivity index (χ1v) is 5.32. The van der Waals surface area contributed by atoms with Crippen molar-refractivity contribution in [3.05, 3.63) is 0 Å². The lowest BCUT2D eigenvalue weighted by atomic mass is 10.0. The molecule has 13 heavy (non-hydrogen) atoms. The number of hydrogen-bond donors (Lipinski definition) is 1. The number of ether oxygens (including phenoxy) is 1. The highest BCUT2D eigenvalue weighted by Gasteiger charge is 2.54. The van der Waals surface area contributed by atoms with Crippen LogP contribution in [-0.2, 0) is 19.4 Å². The maximum atomic E-state index is 11.2. The second kappa shape index (κ2) is 3.81. The van der Waals surface area contributed by atoms with Crippen LogP contribution in [-0.4, -0.2) is 45.6 Å². The molecule has 0 amide bonds. The summed E-state index contributed by atoms with van der Waals surface area (Å²) in [5.74, 6) is -0.677. The van der Waals surface area contributed by atoms with Gasteiger partial charge in [-0.3, -0.25) is 4.79 Å². The first-order valence-electron chi connectivity index (χ1n) is 3.43. The Morgan fingerprint density at radius 3 is 2.00 bits per heavy atom. The Morgan fingerprint density at radius 2 is 1.92 bits per heavy atom. The molecule has 0 aliphatic carbocycles. The second-order valence-corrected chi connectivity index (χ2v) is 5.19. The molecule has 1 aliphatic heterocycles. The Labute approximate surface area is 83.2 Å². The largest absolute Gasteiger partial charge is 0.468 e. The second-order valence-electron chi connectivity index (χ2n) is 2.86. The lowest BCUT2D eigenvalue weighted by Gasteiger charge is -2.37. The van der Waals surface area contributed by atoms with Crippen molar-refractivity contribution in [2.75, 3.05) is 26.5 Å². The summed E-state index contributed by atoms with van der Waals surface area (Å²) < 4.78 is 25.5. The zero-order valence-corrected chi connectivity index (χ0v) is 9.00. The highest BCUT2D eigenvalue weighted by Crippen LogP contribution is 2.22. The van der Waals surface area contributed by atoms with E-state index in [0.717, 1.165) is 6.26 Å². The summed E-state index contributed by atoms with van der Waals surface area (Å²) in [6.45, 7) is 0.303. The van der Waals surface area contributed by atoms with E-state index in [1.54, 1.807) is 0 Å². The van der Waals surface area contributed by atoms with Crippen LogP contribution in [0, 0.1) is 0 Å². The molecule has 0 radical (unpaired) electrons. The van der Waals surface area contributed by atoms with Crippen molar-refractivity contribution >= 4 is 28.2 Å². The highest BCUT2D eigenvalue weighted by molar-refractivity contribution is 7.93. The van der Waals surface area contributed by atoms with Crippen molar-refractivity contribution in [2.45, 2.75) is 4.75 Å². The Morgan fingerprint density at radius 1 is 1.46 bits per heavy atom. The number of carbonyl (C=O) groups is 1. The van der Waals surface area contributed by atoms with E-state index < -0.39 is 20.6 Å². The van der Waals surface area contributed by atoms with Gasteiger partial charge in [-0.2, -0.15) is 0 Å². The van der Waals surface area contributed by atoms with Gasteiger partial charge in [0.15, 0.2) is 14.6 Å². The van der Waals surface area contributed by atoms with E-state index in [0.29, 0.717) is 0 Å². The molecule has 0 aromatic heterocycles. The van der Waals surface area contributed by atoms with Crippen LogP contribution in [0.3, 0.4) is 0 Å². The molecule has 1 fully saturated rings. The molecule has 0 atom stereocenters. The van der Waals surface area contributed by atoms with Gasteiger partial charge in [0.1, 0.15) is 0 Å². The zero-order valence-electron chi connectivity index (χ0n) is 7.36. The molecule has 1 heterocycles. The molecular weight excluding hydrogens is 218 g/mol. The minimum Gasteiger partial charge on any atom is -0.468 e. The summed E-state index contributed by atoms with van der Waals surface area (Å²) in [6, 6.07) is 0. The average Bonchev–Trinajstić information content (AvgIpc) is 1.81. The van der Waals surface area contributed by atoms with Crippen LogP contribution in [0.2, 0.25) is 0 Å². The van der Waals surface area contributed by atoms with Gasteiger partial charge < -0.3 is 10.1 Å². The third-order valence-corrected chi connectivity index (χ3v) is 3.96. The SMILES string of the molecule is COC(=O)C1(S(C)(=O)=O)CNC1.Cl. The Kier molecular flexibility index (Phi) is 3.71. The molecule has 0 aromatic rings. The summed E-state index contributed by atoms with van der Waals surface area (Å²) >= 11 is 0. The third-order valence-electron chi connectivity index (χ3n) is 2.09. The van der Waals surface area contributed by atoms with E-state index in [9.17, 15) is 13.2 Å². The Hall–Kier alpha value is -0.330. The van der Waals surface area contributed by atoms with Gasteiger partial charge in [-0.25, -0.2) is 8.42 Å². The predicted molar refractivity (Wildman–Crippen MR) is 49.7 cm³/mol. The van der Waals surface area contributed by atoms with Crippen LogP contribution in [0.15, 0.2) is 0 Å². The van der Waals surface area contributed by atoms with Crippen molar-refractivity contribution in [1.29, 1.82) is 0 Å². The lowest BCUT2D eigenvalue weighted by molar-refractivity contribution is -0.145. The van der Waals surface area contributed by atoms with Crippen molar-refractivity contribution in [3.8, 4) is 0 Å². The fourth-order valence-electron chi connectivity index (χ4n) is 1.10. The predicted octanol–water partition coefficient (Wildman–Crippen LogP) is -1.03. The number of hydrogen-bond acceptors (Lipinski definition) is 5. The maximum absolute atomic E-state index is 11.2. The van der Waals surface area contributed by atoms with E-state index >= 15 is 0 Å². The topological polar surface area (TPSA) is 72.5 Å². The first-order chi connectivity index (χ1) is 5.44. The molecule has 7 heteroatoms. The summed E-state index contributed by atoms with van der Waals surface area (Å²) in [5.41, 5.74) is 0. The van der Waals surface area contributed by atoms with Gasteiger partial charge in [0.2, 0.25) is 0 Å². The van der Waals surface area contributed by atoms with E-state index in [1.807, 2.05) is 0 Å².